The third-order valence-electron chi connectivity index (χ3n) is 3.13. The van der Waals surface area contributed by atoms with Crippen LogP contribution in [0.1, 0.15) is 23.6 Å². The van der Waals surface area contributed by atoms with Crippen LogP contribution in [0.15, 0.2) is 18.2 Å². The van der Waals surface area contributed by atoms with Crippen LogP contribution >= 0.6 is 0 Å². The maximum atomic E-state index is 12.8. The number of carboxylic acid groups (broad SMARTS) is 1. The Bertz CT molecular complexity index is 485. The van der Waals surface area contributed by atoms with Gasteiger partial charge in [-0.2, -0.15) is 13.2 Å². The molecule has 1 aromatic carbocycles. The van der Waals surface area contributed by atoms with Crippen molar-refractivity contribution in [2.75, 3.05) is 0 Å². The van der Waals surface area contributed by atoms with E-state index < -0.39 is 17.7 Å². The Labute approximate surface area is 109 Å². The van der Waals surface area contributed by atoms with Crippen molar-refractivity contribution in [1.82, 2.24) is 5.32 Å². The highest BCUT2D eigenvalue weighted by atomic mass is 19.4. The van der Waals surface area contributed by atoms with Crippen molar-refractivity contribution in [3.8, 4) is 0 Å². The molecule has 0 bridgehead atoms. The number of benzene rings is 1. The van der Waals surface area contributed by atoms with Gasteiger partial charge in [-0.1, -0.05) is 23.8 Å². The molecule has 0 amide bonds. The van der Waals surface area contributed by atoms with Crippen molar-refractivity contribution in [1.29, 1.82) is 0 Å². The highest BCUT2D eigenvalue weighted by Gasteiger charge is 2.57. The highest BCUT2D eigenvalue weighted by molar-refractivity contribution is 5.79. The Hall–Kier alpha value is -1.56. The van der Waals surface area contributed by atoms with Gasteiger partial charge in [-0.05, 0) is 31.9 Å². The predicted molar refractivity (Wildman–Crippen MR) is 64.9 cm³/mol. The molecule has 0 aliphatic rings. The van der Waals surface area contributed by atoms with Crippen LogP contribution in [0.5, 0.6) is 0 Å². The summed E-state index contributed by atoms with van der Waals surface area (Å²) in [6.07, 6.45) is -4.86. The molecule has 0 aliphatic carbocycles. The van der Waals surface area contributed by atoms with E-state index in [1.54, 1.807) is 19.1 Å². The second-order valence-corrected chi connectivity index (χ2v) is 4.71. The molecule has 1 rings (SSSR count). The summed E-state index contributed by atoms with van der Waals surface area (Å²) in [5.74, 6) is -1.94. The van der Waals surface area contributed by atoms with Crippen LogP contribution < -0.4 is 5.32 Å². The van der Waals surface area contributed by atoms with Gasteiger partial charge in [0.1, 0.15) is 0 Å². The van der Waals surface area contributed by atoms with Crippen LogP contribution in [-0.4, -0.2) is 22.8 Å². The van der Waals surface area contributed by atoms with E-state index in [1.807, 2.05) is 13.0 Å². The van der Waals surface area contributed by atoms with E-state index in [4.69, 9.17) is 5.11 Å². The smallest absolute Gasteiger partial charge is 0.417 e. The van der Waals surface area contributed by atoms with Crippen molar-refractivity contribution < 1.29 is 23.1 Å². The third-order valence-corrected chi connectivity index (χ3v) is 3.13. The van der Waals surface area contributed by atoms with Gasteiger partial charge >= 0.3 is 12.1 Å². The molecule has 2 N–H and O–H groups in total. The summed E-state index contributed by atoms with van der Waals surface area (Å²) in [4.78, 5) is 10.9. The average molecular weight is 275 g/mol. The number of alkyl halides is 3. The summed E-state index contributed by atoms with van der Waals surface area (Å²) < 4.78 is 38.4. The molecule has 0 fully saturated rings. The lowest BCUT2D eigenvalue weighted by molar-refractivity contribution is -0.206. The van der Waals surface area contributed by atoms with Gasteiger partial charge in [-0.25, -0.2) is 4.79 Å². The first-order valence-electron chi connectivity index (χ1n) is 5.69. The Morgan fingerprint density at radius 1 is 1.32 bits per heavy atom. The molecule has 1 atom stereocenters. The zero-order valence-electron chi connectivity index (χ0n) is 10.9. The zero-order valence-corrected chi connectivity index (χ0v) is 10.9. The zero-order chi connectivity index (χ0) is 14.8. The van der Waals surface area contributed by atoms with Crippen LogP contribution in [0.4, 0.5) is 13.2 Å². The number of carboxylic acids is 1. The fourth-order valence-electron chi connectivity index (χ4n) is 1.56. The quantitative estimate of drug-likeness (QED) is 0.888. The second-order valence-electron chi connectivity index (χ2n) is 4.71. The number of aliphatic carboxylic acids is 1. The SMILES string of the molecule is Cc1ccc(C)c(CNC(C)(C(=O)O)C(F)(F)F)c1. The number of rotatable bonds is 4. The molecule has 1 aromatic rings. The van der Waals surface area contributed by atoms with Crippen molar-refractivity contribution in [2.45, 2.75) is 39.0 Å². The van der Waals surface area contributed by atoms with E-state index in [0.29, 0.717) is 12.5 Å². The van der Waals surface area contributed by atoms with Gasteiger partial charge < -0.3 is 5.11 Å². The third kappa shape index (κ3) is 3.26. The number of hydrogen-bond acceptors (Lipinski definition) is 2. The summed E-state index contributed by atoms with van der Waals surface area (Å²) >= 11 is 0. The van der Waals surface area contributed by atoms with Crippen molar-refractivity contribution in [3.05, 3.63) is 34.9 Å². The maximum absolute atomic E-state index is 12.8. The summed E-state index contributed by atoms with van der Waals surface area (Å²) in [7, 11) is 0. The monoisotopic (exact) mass is 275 g/mol. The standard InChI is InChI=1S/C13H16F3NO2/c1-8-4-5-9(2)10(6-8)7-17-12(3,11(18)19)13(14,15)16/h4-6,17H,7H2,1-3H3,(H,18,19). The largest absolute Gasteiger partial charge is 0.480 e. The van der Waals surface area contributed by atoms with E-state index in [0.717, 1.165) is 11.1 Å². The first-order chi connectivity index (χ1) is 8.58. The van der Waals surface area contributed by atoms with E-state index in [9.17, 15) is 18.0 Å². The molecule has 0 saturated heterocycles. The van der Waals surface area contributed by atoms with Crippen LogP contribution in [0.3, 0.4) is 0 Å². The molecule has 19 heavy (non-hydrogen) atoms. The fourth-order valence-corrected chi connectivity index (χ4v) is 1.56. The lowest BCUT2D eigenvalue weighted by atomic mass is 10.00. The minimum Gasteiger partial charge on any atom is -0.480 e. The van der Waals surface area contributed by atoms with Crippen molar-refractivity contribution in [3.63, 3.8) is 0 Å². The maximum Gasteiger partial charge on any atom is 0.417 e. The topological polar surface area (TPSA) is 49.3 Å². The van der Waals surface area contributed by atoms with Crippen LogP contribution in [0.25, 0.3) is 0 Å². The van der Waals surface area contributed by atoms with Crippen LogP contribution in [-0.2, 0) is 11.3 Å². The molecular weight excluding hydrogens is 259 g/mol. The van der Waals surface area contributed by atoms with E-state index >= 15 is 0 Å². The molecule has 0 aromatic heterocycles. The van der Waals surface area contributed by atoms with Gasteiger partial charge in [0.25, 0.3) is 0 Å². The van der Waals surface area contributed by atoms with E-state index in [-0.39, 0.29) is 6.54 Å². The molecule has 1 unspecified atom stereocenters. The lowest BCUT2D eigenvalue weighted by Gasteiger charge is -2.29. The van der Waals surface area contributed by atoms with Gasteiger partial charge in [0, 0.05) is 6.54 Å². The Kier molecular flexibility index (Phi) is 4.25. The van der Waals surface area contributed by atoms with Crippen molar-refractivity contribution >= 4 is 5.97 Å². The minimum atomic E-state index is -4.86. The highest BCUT2D eigenvalue weighted by Crippen LogP contribution is 2.30. The first kappa shape index (κ1) is 15.5. The molecule has 106 valence electrons. The molecule has 0 spiro atoms. The molecule has 6 heteroatoms. The Morgan fingerprint density at radius 3 is 2.37 bits per heavy atom. The molecular formula is C13H16F3NO2. The van der Waals surface area contributed by atoms with E-state index in [1.165, 1.54) is 0 Å². The van der Waals surface area contributed by atoms with Gasteiger partial charge in [0.15, 0.2) is 0 Å². The number of carbonyl (C=O) groups is 1. The van der Waals surface area contributed by atoms with Crippen molar-refractivity contribution in [2.24, 2.45) is 0 Å². The summed E-state index contributed by atoms with van der Waals surface area (Å²) in [6, 6.07) is 5.37. The second kappa shape index (κ2) is 5.21. The van der Waals surface area contributed by atoms with Crippen LogP contribution in [0.2, 0.25) is 0 Å². The van der Waals surface area contributed by atoms with Gasteiger partial charge in [0.05, 0.1) is 0 Å². The Balaban J connectivity index is 2.95. The van der Waals surface area contributed by atoms with Gasteiger partial charge in [-0.15, -0.1) is 0 Å². The lowest BCUT2D eigenvalue weighted by Crippen LogP contribution is -2.59. The fraction of sp³-hybridized carbons (Fsp3) is 0.462. The summed E-state index contributed by atoms with van der Waals surface area (Å²) in [5.41, 5.74) is -0.584. The summed E-state index contributed by atoms with van der Waals surface area (Å²) in [5, 5.41) is 10.9. The normalized spacial score (nSPS) is 15.1. The summed E-state index contributed by atoms with van der Waals surface area (Å²) in [6.45, 7) is 4.06. The molecule has 0 aliphatic heterocycles. The Morgan fingerprint density at radius 2 is 1.89 bits per heavy atom. The first-order valence-corrected chi connectivity index (χ1v) is 5.69. The number of halogens is 3. The van der Waals surface area contributed by atoms with Crippen LogP contribution in [0, 0.1) is 13.8 Å². The average Bonchev–Trinajstić information content (AvgIpc) is 2.28. The molecule has 0 radical (unpaired) electrons. The number of hydrogen-bond donors (Lipinski definition) is 2. The number of aryl methyl sites for hydroxylation is 2. The predicted octanol–water partition coefficient (Wildman–Crippen LogP) is 2.80. The molecule has 3 nitrogen and oxygen atoms in total. The molecule has 0 saturated carbocycles. The van der Waals surface area contributed by atoms with E-state index in [2.05, 4.69) is 5.32 Å². The number of nitrogens with one attached hydrogen (secondary N) is 1. The minimum absolute atomic E-state index is 0.157. The van der Waals surface area contributed by atoms with Gasteiger partial charge in [0.2, 0.25) is 5.54 Å². The molecule has 0 heterocycles. The van der Waals surface area contributed by atoms with Gasteiger partial charge in [-0.3, -0.25) is 5.32 Å².